The summed E-state index contributed by atoms with van der Waals surface area (Å²) < 4.78 is 15.6. The first-order valence-electron chi connectivity index (χ1n) is 12.8. The van der Waals surface area contributed by atoms with Gasteiger partial charge in [0.2, 0.25) is 0 Å². The minimum absolute atomic E-state index is 0.0225. The van der Waals surface area contributed by atoms with Gasteiger partial charge >= 0.3 is 6.09 Å². The van der Waals surface area contributed by atoms with Crippen LogP contribution in [0.4, 0.5) is 9.18 Å². The van der Waals surface area contributed by atoms with E-state index >= 15 is 4.39 Å². The molecule has 3 heterocycles. The number of amides is 1. The second-order valence-electron chi connectivity index (χ2n) is 11.8. The van der Waals surface area contributed by atoms with Crippen LogP contribution in [0.25, 0.3) is 11.1 Å². The quantitative estimate of drug-likeness (QED) is 0.558. The maximum atomic E-state index is 15.6. The maximum Gasteiger partial charge on any atom is 0.408 e. The van der Waals surface area contributed by atoms with Crippen molar-refractivity contribution in [2.24, 2.45) is 17.3 Å². The molecule has 3 saturated heterocycles. The smallest absolute Gasteiger partial charge is 0.408 e. The Hall–Kier alpha value is -2.40. The number of fused-ring (bicyclic) bond motifs is 4. The van der Waals surface area contributed by atoms with E-state index in [1.807, 2.05) is 18.2 Å². The fraction of sp³-hybridized carbons (Fsp3) is 0.552. The molecule has 5 heteroatoms. The van der Waals surface area contributed by atoms with Crippen LogP contribution in [0, 0.1) is 23.1 Å². The fourth-order valence-electron chi connectivity index (χ4n) is 6.83. The topological polar surface area (TPSA) is 43.8 Å². The third-order valence-corrected chi connectivity index (χ3v) is 8.27. The standard InChI is InChI=1S/C29H37FN2O2/c1-18(2)12-19-6-5-7-21(13-19)23-14-22-16-29(3,4)27(24(22)15-25(23)30)32(28(33)34)26-17-31-10-8-20(26)9-11-31/h5-7,13-15,18,20,26-27H,8-12,16-17H2,1-4H3,(H,33,34)/t26-,27+/m1/s1. The van der Waals surface area contributed by atoms with E-state index in [-0.39, 0.29) is 23.3 Å². The molecule has 1 aliphatic carbocycles. The molecule has 1 N–H and O–H groups in total. The van der Waals surface area contributed by atoms with E-state index in [1.165, 1.54) is 5.56 Å². The normalized spacial score (nSPS) is 27.1. The summed E-state index contributed by atoms with van der Waals surface area (Å²) in [6, 6.07) is 11.4. The summed E-state index contributed by atoms with van der Waals surface area (Å²) in [6.07, 6.45) is 2.93. The van der Waals surface area contributed by atoms with Gasteiger partial charge in [-0.3, -0.25) is 4.90 Å². The first kappa shape index (κ1) is 23.3. The molecule has 2 aromatic rings. The van der Waals surface area contributed by atoms with E-state index in [4.69, 9.17) is 0 Å². The third kappa shape index (κ3) is 4.13. The minimum atomic E-state index is -0.879. The van der Waals surface area contributed by atoms with Crippen molar-refractivity contribution in [3.05, 3.63) is 58.9 Å². The lowest BCUT2D eigenvalue weighted by molar-refractivity contribution is -0.0267. The predicted octanol–water partition coefficient (Wildman–Crippen LogP) is 6.39. The van der Waals surface area contributed by atoms with Crippen molar-refractivity contribution in [1.29, 1.82) is 0 Å². The third-order valence-electron chi connectivity index (χ3n) is 8.27. The summed E-state index contributed by atoms with van der Waals surface area (Å²) in [7, 11) is 0. The Labute approximate surface area is 202 Å². The fourth-order valence-corrected chi connectivity index (χ4v) is 6.83. The summed E-state index contributed by atoms with van der Waals surface area (Å²) in [5, 5.41) is 10.4. The zero-order valence-corrected chi connectivity index (χ0v) is 20.9. The number of halogens is 1. The van der Waals surface area contributed by atoms with E-state index in [0.717, 1.165) is 62.0 Å². The Morgan fingerprint density at radius 3 is 2.56 bits per heavy atom. The summed E-state index contributed by atoms with van der Waals surface area (Å²) in [5.41, 5.74) is 4.36. The van der Waals surface area contributed by atoms with Gasteiger partial charge in [0.1, 0.15) is 5.82 Å². The average Bonchev–Trinajstić information content (AvgIpc) is 3.03. The lowest BCUT2D eigenvalue weighted by Gasteiger charge is -2.51. The zero-order valence-electron chi connectivity index (χ0n) is 20.9. The van der Waals surface area contributed by atoms with E-state index < -0.39 is 6.09 Å². The average molecular weight is 465 g/mol. The molecular formula is C29H37FN2O2. The lowest BCUT2D eigenvalue weighted by Crippen LogP contribution is -2.60. The van der Waals surface area contributed by atoms with E-state index in [1.54, 1.807) is 11.0 Å². The molecule has 3 fully saturated rings. The van der Waals surface area contributed by atoms with Crippen LogP contribution in [0.5, 0.6) is 0 Å². The number of benzene rings is 2. The molecule has 0 unspecified atom stereocenters. The van der Waals surface area contributed by atoms with Crippen molar-refractivity contribution in [2.45, 2.75) is 65.5 Å². The molecule has 1 amide bonds. The van der Waals surface area contributed by atoms with Gasteiger partial charge in [0.15, 0.2) is 0 Å². The van der Waals surface area contributed by atoms with Gasteiger partial charge in [0.05, 0.1) is 12.1 Å². The van der Waals surface area contributed by atoms with Crippen LogP contribution in [-0.2, 0) is 12.8 Å². The van der Waals surface area contributed by atoms with Gasteiger partial charge in [0.25, 0.3) is 0 Å². The van der Waals surface area contributed by atoms with Crippen molar-refractivity contribution in [3.8, 4) is 11.1 Å². The number of carbonyl (C=O) groups is 1. The molecule has 182 valence electrons. The number of piperidine rings is 3. The molecule has 2 atom stereocenters. The molecule has 2 aromatic carbocycles. The summed E-state index contributed by atoms with van der Waals surface area (Å²) in [4.78, 5) is 16.8. The molecule has 0 saturated carbocycles. The van der Waals surface area contributed by atoms with E-state index in [0.29, 0.717) is 17.4 Å². The second kappa shape index (κ2) is 8.67. The van der Waals surface area contributed by atoms with E-state index in [2.05, 4.69) is 44.7 Å². The molecule has 34 heavy (non-hydrogen) atoms. The Bertz CT molecular complexity index is 1090. The molecule has 3 aliphatic heterocycles. The molecule has 2 bridgehead atoms. The van der Waals surface area contributed by atoms with Crippen molar-refractivity contribution >= 4 is 6.09 Å². The van der Waals surface area contributed by atoms with Crippen LogP contribution in [0.15, 0.2) is 36.4 Å². The Morgan fingerprint density at radius 2 is 1.94 bits per heavy atom. The Morgan fingerprint density at radius 1 is 1.21 bits per heavy atom. The monoisotopic (exact) mass is 464 g/mol. The number of hydrogen-bond acceptors (Lipinski definition) is 2. The highest BCUT2D eigenvalue weighted by atomic mass is 19.1. The van der Waals surface area contributed by atoms with Gasteiger partial charge in [-0.1, -0.05) is 52.0 Å². The Balaban J connectivity index is 1.53. The Kier molecular flexibility index (Phi) is 5.96. The van der Waals surface area contributed by atoms with Gasteiger partial charge in [-0.05, 0) is 90.4 Å². The summed E-state index contributed by atoms with van der Waals surface area (Å²) in [6.45, 7) is 11.6. The molecular weight excluding hydrogens is 427 g/mol. The van der Waals surface area contributed by atoms with Crippen LogP contribution in [0.3, 0.4) is 0 Å². The van der Waals surface area contributed by atoms with Gasteiger partial charge in [-0.25, -0.2) is 9.18 Å². The predicted molar refractivity (Wildman–Crippen MR) is 133 cm³/mol. The molecule has 0 spiro atoms. The SMILES string of the molecule is CC(C)Cc1cccc(-c2cc3c(cc2F)[C@H](N(C(=O)O)[C@@H]2CN4CCC2CC4)C(C)(C)C3)c1. The molecule has 6 rings (SSSR count). The highest BCUT2D eigenvalue weighted by Gasteiger charge is 2.50. The molecule has 4 aliphatic rings. The van der Waals surface area contributed by atoms with Crippen LogP contribution in [-0.4, -0.2) is 46.7 Å². The van der Waals surface area contributed by atoms with Crippen LogP contribution < -0.4 is 0 Å². The first-order valence-corrected chi connectivity index (χ1v) is 12.8. The number of carboxylic acid groups (broad SMARTS) is 1. The van der Waals surface area contributed by atoms with Crippen molar-refractivity contribution < 1.29 is 14.3 Å². The molecule has 0 radical (unpaired) electrons. The van der Waals surface area contributed by atoms with Crippen LogP contribution >= 0.6 is 0 Å². The largest absolute Gasteiger partial charge is 0.465 e. The van der Waals surface area contributed by atoms with Gasteiger partial charge in [0, 0.05) is 12.1 Å². The number of nitrogens with zero attached hydrogens (tertiary/aromatic N) is 2. The highest BCUT2D eigenvalue weighted by Crippen LogP contribution is 2.52. The molecule has 4 nitrogen and oxygen atoms in total. The highest BCUT2D eigenvalue weighted by molar-refractivity contribution is 5.70. The number of hydrogen-bond donors (Lipinski definition) is 1. The van der Waals surface area contributed by atoms with Gasteiger partial charge in [-0.15, -0.1) is 0 Å². The molecule has 0 aromatic heterocycles. The van der Waals surface area contributed by atoms with Crippen molar-refractivity contribution in [3.63, 3.8) is 0 Å². The first-order chi connectivity index (χ1) is 16.1. The zero-order chi connectivity index (χ0) is 24.2. The van der Waals surface area contributed by atoms with Crippen molar-refractivity contribution in [1.82, 2.24) is 9.80 Å². The second-order valence-corrected chi connectivity index (χ2v) is 11.8. The summed E-state index contributed by atoms with van der Waals surface area (Å²) in [5.74, 6) is 0.672. The van der Waals surface area contributed by atoms with Crippen LogP contribution in [0.1, 0.15) is 63.3 Å². The lowest BCUT2D eigenvalue weighted by atomic mass is 9.79. The number of rotatable bonds is 5. The summed E-state index contributed by atoms with van der Waals surface area (Å²) >= 11 is 0. The van der Waals surface area contributed by atoms with E-state index in [9.17, 15) is 9.90 Å². The maximum absolute atomic E-state index is 15.6. The van der Waals surface area contributed by atoms with Crippen molar-refractivity contribution in [2.75, 3.05) is 19.6 Å². The minimum Gasteiger partial charge on any atom is -0.465 e. The van der Waals surface area contributed by atoms with Crippen LogP contribution in [0.2, 0.25) is 0 Å². The van der Waals surface area contributed by atoms with Gasteiger partial charge in [-0.2, -0.15) is 0 Å². The van der Waals surface area contributed by atoms with Gasteiger partial charge < -0.3 is 10.0 Å².